The van der Waals surface area contributed by atoms with Crippen LogP contribution in [-0.2, 0) is 0 Å². The molecule has 0 aliphatic carbocycles. The van der Waals surface area contributed by atoms with E-state index < -0.39 is 0 Å². The lowest BCUT2D eigenvalue weighted by Crippen LogP contribution is -2.34. The Hall–Kier alpha value is -2.92. The second-order valence-corrected chi connectivity index (χ2v) is 6.23. The summed E-state index contributed by atoms with van der Waals surface area (Å²) in [5.41, 5.74) is 2.55. The van der Waals surface area contributed by atoms with Crippen LogP contribution in [0.5, 0.6) is 0 Å². The quantitative estimate of drug-likeness (QED) is 0.679. The van der Waals surface area contributed by atoms with Gasteiger partial charge in [-0.15, -0.1) is 0 Å². The van der Waals surface area contributed by atoms with Gasteiger partial charge < -0.3 is 10.6 Å². The molecule has 0 saturated heterocycles. The van der Waals surface area contributed by atoms with E-state index in [0.29, 0.717) is 29.2 Å². The molecule has 2 amide bonds. The molecule has 1 heterocycles. The summed E-state index contributed by atoms with van der Waals surface area (Å²) in [5, 5.41) is 6.77. The maximum absolute atomic E-state index is 12.5. The van der Waals surface area contributed by atoms with E-state index >= 15 is 0 Å². The third kappa shape index (κ3) is 4.00. The Labute approximate surface area is 156 Å². The number of hydrogen-bond donors (Lipinski definition) is 2. The van der Waals surface area contributed by atoms with Crippen molar-refractivity contribution in [1.82, 2.24) is 15.6 Å². The molecule has 1 aromatic heterocycles. The zero-order valence-corrected chi connectivity index (χ0v) is 15.0. The van der Waals surface area contributed by atoms with Crippen molar-refractivity contribution in [3.05, 3.63) is 76.4 Å². The first-order valence-corrected chi connectivity index (χ1v) is 8.61. The lowest BCUT2D eigenvalue weighted by molar-refractivity contribution is 0.0928. The summed E-state index contributed by atoms with van der Waals surface area (Å²) in [5.74, 6) is -0.464. The highest BCUT2D eigenvalue weighted by atomic mass is 35.5. The molecular formula is C20H18ClN3O2. The van der Waals surface area contributed by atoms with Gasteiger partial charge in [-0.2, -0.15) is 0 Å². The van der Waals surface area contributed by atoms with Gasteiger partial charge in [-0.1, -0.05) is 41.9 Å². The molecule has 3 aromatic rings. The van der Waals surface area contributed by atoms with Gasteiger partial charge >= 0.3 is 0 Å². The molecule has 26 heavy (non-hydrogen) atoms. The monoisotopic (exact) mass is 367 g/mol. The number of halogens is 1. The Balaban J connectivity index is 1.60. The molecule has 0 spiro atoms. The fraction of sp³-hybridized carbons (Fsp3) is 0.150. The average Bonchev–Trinajstić information content (AvgIpc) is 2.64. The molecule has 0 radical (unpaired) electrons. The topological polar surface area (TPSA) is 71.1 Å². The van der Waals surface area contributed by atoms with Crippen LogP contribution in [0, 0.1) is 6.92 Å². The number of para-hydroxylation sites is 1. The molecule has 0 atom stereocenters. The van der Waals surface area contributed by atoms with E-state index in [1.54, 1.807) is 30.3 Å². The predicted molar refractivity (Wildman–Crippen MR) is 103 cm³/mol. The van der Waals surface area contributed by atoms with Crippen molar-refractivity contribution in [1.29, 1.82) is 0 Å². The summed E-state index contributed by atoms with van der Waals surface area (Å²) in [7, 11) is 0. The van der Waals surface area contributed by atoms with Crippen LogP contribution in [0.3, 0.4) is 0 Å². The molecule has 0 bridgehead atoms. The van der Waals surface area contributed by atoms with Gasteiger partial charge in [0.2, 0.25) is 0 Å². The molecule has 132 valence electrons. The van der Waals surface area contributed by atoms with E-state index in [9.17, 15) is 9.59 Å². The number of fused-ring (bicyclic) bond motifs is 1. The molecule has 0 fully saturated rings. The number of aryl methyl sites for hydroxylation is 1. The number of carbonyl (C=O) groups excluding carboxylic acids is 2. The van der Waals surface area contributed by atoms with Crippen molar-refractivity contribution in [2.45, 2.75) is 6.92 Å². The first-order valence-electron chi connectivity index (χ1n) is 8.23. The van der Waals surface area contributed by atoms with E-state index in [4.69, 9.17) is 11.6 Å². The van der Waals surface area contributed by atoms with Crippen LogP contribution in [0.2, 0.25) is 5.02 Å². The summed E-state index contributed by atoms with van der Waals surface area (Å²) in [6.45, 7) is 2.47. The minimum Gasteiger partial charge on any atom is -0.350 e. The van der Waals surface area contributed by atoms with Crippen molar-refractivity contribution in [2.24, 2.45) is 0 Å². The number of carbonyl (C=O) groups is 2. The van der Waals surface area contributed by atoms with Gasteiger partial charge in [0.1, 0.15) is 0 Å². The summed E-state index contributed by atoms with van der Waals surface area (Å²) < 4.78 is 0. The molecule has 0 saturated carbocycles. The van der Waals surface area contributed by atoms with Gasteiger partial charge in [0.25, 0.3) is 11.8 Å². The number of aromatic nitrogens is 1. The summed E-state index contributed by atoms with van der Waals surface area (Å²) in [6, 6.07) is 16.1. The molecule has 2 N–H and O–H groups in total. The number of benzene rings is 2. The molecule has 6 heteroatoms. The molecule has 3 rings (SSSR count). The van der Waals surface area contributed by atoms with Gasteiger partial charge in [0.05, 0.1) is 21.7 Å². The normalized spacial score (nSPS) is 10.5. The van der Waals surface area contributed by atoms with Crippen LogP contribution in [0.15, 0.2) is 54.6 Å². The Morgan fingerprint density at radius 3 is 2.27 bits per heavy atom. The number of nitrogens with zero attached hydrogens (tertiary/aromatic N) is 1. The zero-order chi connectivity index (χ0) is 18.5. The van der Waals surface area contributed by atoms with Crippen LogP contribution in [-0.4, -0.2) is 29.9 Å². The van der Waals surface area contributed by atoms with Gasteiger partial charge in [0, 0.05) is 24.2 Å². The SMILES string of the molecule is Cc1cc(C(=O)NCCNC(=O)c2ccccc2Cl)c2ccccc2n1. The van der Waals surface area contributed by atoms with Crippen LogP contribution in [0.25, 0.3) is 10.9 Å². The second kappa shape index (κ2) is 7.97. The van der Waals surface area contributed by atoms with E-state index in [1.165, 1.54) is 0 Å². The highest BCUT2D eigenvalue weighted by Gasteiger charge is 2.12. The van der Waals surface area contributed by atoms with E-state index in [1.807, 2.05) is 31.2 Å². The second-order valence-electron chi connectivity index (χ2n) is 5.82. The summed E-state index contributed by atoms with van der Waals surface area (Å²) >= 11 is 6.00. The smallest absolute Gasteiger partial charge is 0.252 e. The fourth-order valence-electron chi connectivity index (χ4n) is 2.68. The molecule has 0 aliphatic heterocycles. The predicted octanol–water partition coefficient (Wildman–Crippen LogP) is 3.36. The standard InChI is InChI=1S/C20H18ClN3O2/c1-13-12-16(14-6-3-5-9-18(14)24-13)20(26)23-11-10-22-19(25)15-7-2-4-8-17(15)21/h2-9,12H,10-11H2,1H3,(H,22,25)(H,23,26). The Morgan fingerprint density at radius 1 is 0.923 bits per heavy atom. The summed E-state index contributed by atoms with van der Waals surface area (Å²) in [4.78, 5) is 29.0. The highest BCUT2D eigenvalue weighted by molar-refractivity contribution is 6.33. The van der Waals surface area contributed by atoms with Crippen LogP contribution < -0.4 is 10.6 Å². The van der Waals surface area contributed by atoms with Crippen LogP contribution >= 0.6 is 11.6 Å². The van der Waals surface area contributed by atoms with E-state index in [2.05, 4.69) is 15.6 Å². The third-order valence-corrected chi connectivity index (χ3v) is 4.23. The lowest BCUT2D eigenvalue weighted by atomic mass is 10.1. The molecule has 2 aromatic carbocycles. The highest BCUT2D eigenvalue weighted by Crippen LogP contribution is 2.18. The average molecular weight is 368 g/mol. The first-order chi connectivity index (χ1) is 12.6. The first kappa shape index (κ1) is 17.9. The number of pyridine rings is 1. The Kier molecular flexibility index (Phi) is 5.49. The number of amides is 2. The number of nitrogens with one attached hydrogen (secondary N) is 2. The maximum atomic E-state index is 12.5. The third-order valence-electron chi connectivity index (χ3n) is 3.90. The minimum absolute atomic E-state index is 0.196. The van der Waals surface area contributed by atoms with Gasteiger partial charge in [0.15, 0.2) is 0 Å². The van der Waals surface area contributed by atoms with Crippen LogP contribution in [0.1, 0.15) is 26.4 Å². The molecule has 5 nitrogen and oxygen atoms in total. The zero-order valence-electron chi connectivity index (χ0n) is 14.3. The van der Waals surface area contributed by atoms with Crippen molar-refractivity contribution in [2.75, 3.05) is 13.1 Å². The maximum Gasteiger partial charge on any atom is 0.252 e. The molecular weight excluding hydrogens is 350 g/mol. The van der Waals surface area contributed by atoms with Gasteiger partial charge in [-0.05, 0) is 31.2 Å². The molecule has 0 unspecified atom stereocenters. The fourth-order valence-corrected chi connectivity index (χ4v) is 2.91. The summed E-state index contributed by atoms with van der Waals surface area (Å²) in [6.07, 6.45) is 0. The van der Waals surface area contributed by atoms with Crippen molar-refractivity contribution in [3.8, 4) is 0 Å². The van der Waals surface area contributed by atoms with Gasteiger partial charge in [-0.25, -0.2) is 0 Å². The largest absolute Gasteiger partial charge is 0.350 e. The molecule has 0 aliphatic rings. The Bertz CT molecular complexity index is 972. The van der Waals surface area contributed by atoms with Crippen molar-refractivity contribution in [3.63, 3.8) is 0 Å². The van der Waals surface area contributed by atoms with Crippen molar-refractivity contribution < 1.29 is 9.59 Å². The van der Waals surface area contributed by atoms with E-state index in [-0.39, 0.29) is 11.8 Å². The number of hydrogen-bond acceptors (Lipinski definition) is 3. The van der Waals surface area contributed by atoms with Gasteiger partial charge in [-0.3, -0.25) is 14.6 Å². The van der Waals surface area contributed by atoms with Crippen LogP contribution in [0.4, 0.5) is 0 Å². The lowest BCUT2D eigenvalue weighted by Gasteiger charge is -2.10. The van der Waals surface area contributed by atoms with Crippen molar-refractivity contribution >= 4 is 34.3 Å². The van der Waals surface area contributed by atoms with E-state index in [0.717, 1.165) is 16.6 Å². The number of rotatable bonds is 5. The Morgan fingerprint density at radius 2 is 1.54 bits per heavy atom. The minimum atomic E-state index is -0.268.